The predicted molar refractivity (Wildman–Crippen MR) is 68.5 cm³/mol. The Morgan fingerprint density at radius 1 is 1.18 bits per heavy atom. The van der Waals surface area contributed by atoms with Gasteiger partial charge in [-0.2, -0.15) is 0 Å². The van der Waals surface area contributed by atoms with Crippen LogP contribution >= 0.6 is 0 Å². The summed E-state index contributed by atoms with van der Waals surface area (Å²) < 4.78 is 0. The van der Waals surface area contributed by atoms with Crippen molar-refractivity contribution >= 4 is 5.82 Å². The lowest BCUT2D eigenvalue weighted by Crippen LogP contribution is -2.18. The number of pyridine rings is 2. The quantitative estimate of drug-likeness (QED) is 0.863. The van der Waals surface area contributed by atoms with Crippen molar-refractivity contribution in [3.05, 3.63) is 54.0 Å². The molecule has 4 nitrogen and oxygen atoms in total. The van der Waals surface area contributed by atoms with Crippen LogP contribution < -0.4 is 10.6 Å². The van der Waals surface area contributed by atoms with E-state index in [-0.39, 0.29) is 0 Å². The first-order valence-corrected chi connectivity index (χ1v) is 5.55. The molecule has 0 bridgehead atoms. The molecule has 0 saturated heterocycles. The van der Waals surface area contributed by atoms with Gasteiger partial charge in [0.15, 0.2) is 0 Å². The van der Waals surface area contributed by atoms with Gasteiger partial charge in [0.1, 0.15) is 5.82 Å². The zero-order valence-corrected chi connectivity index (χ0v) is 9.87. The first-order valence-electron chi connectivity index (χ1n) is 5.55. The minimum absolute atomic E-state index is 0.469. The third kappa shape index (κ3) is 3.01. The van der Waals surface area contributed by atoms with Gasteiger partial charge < -0.3 is 10.6 Å². The summed E-state index contributed by atoms with van der Waals surface area (Å²) in [6, 6.07) is 9.91. The molecular formula is C13H16N4. The molecule has 0 amide bonds. The van der Waals surface area contributed by atoms with Gasteiger partial charge in [-0.1, -0.05) is 6.07 Å². The highest BCUT2D eigenvalue weighted by atomic mass is 15.2. The molecule has 0 fully saturated rings. The topological polar surface area (TPSA) is 55.0 Å². The van der Waals surface area contributed by atoms with Crippen LogP contribution in [0.15, 0.2) is 42.7 Å². The molecule has 0 aliphatic rings. The van der Waals surface area contributed by atoms with Crippen molar-refractivity contribution < 1.29 is 0 Å². The summed E-state index contributed by atoms with van der Waals surface area (Å²) in [4.78, 5) is 10.6. The van der Waals surface area contributed by atoms with E-state index in [4.69, 9.17) is 5.73 Å². The lowest BCUT2D eigenvalue weighted by molar-refractivity contribution is 0.876. The molecule has 0 unspecified atom stereocenters. The van der Waals surface area contributed by atoms with Gasteiger partial charge in [0.25, 0.3) is 0 Å². The first-order chi connectivity index (χ1) is 8.29. The van der Waals surface area contributed by atoms with Crippen molar-refractivity contribution in [2.45, 2.75) is 13.1 Å². The number of rotatable bonds is 4. The monoisotopic (exact) mass is 228 g/mol. The fourth-order valence-corrected chi connectivity index (χ4v) is 1.64. The van der Waals surface area contributed by atoms with Gasteiger partial charge in [-0.15, -0.1) is 0 Å². The number of aromatic nitrogens is 2. The molecule has 2 N–H and O–H groups in total. The second-order valence-electron chi connectivity index (χ2n) is 3.90. The van der Waals surface area contributed by atoms with Crippen LogP contribution in [-0.4, -0.2) is 17.0 Å². The fraction of sp³-hybridized carbons (Fsp3) is 0.231. The molecule has 0 aliphatic heterocycles. The first kappa shape index (κ1) is 11.5. The van der Waals surface area contributed by atoms with Crippen LogP contribution in [0.5, 0.6) is 0 Å². The molecule has 88 valence electrons. The third-order valence-corrected chi connectivity index (χ3v) is 2.56. The molecule has 2 heterocycles. The van der Waals surface area contributed by atoms with Crippen molar-refractivity contribution in [1.82, 2.24) is 9.97 Å². The van der Waals surface area contributed by atoms with Gasteiger partial charge >= 0.3 is 0 Å². The number of nitrogens with two attached hydrogens (primary N) is 1. The molecule has 2 aromatic heterocycles. The number of hydrogen-bond acceptors (Lipinski definition) is 4. The van der Waals surface area contributed by atoms with Crippen LogP contribution in [0.4, 0.5) is 5.82 Å². The lowest BCUT2D eigenvalue weighted by atomic mass is 10.2. The van der Waals surface area contributed by atoms with E-state index in [0.717, 1.165) is 18.1 Å². The molecule has 4 heteroatoms. The van der Waals surface area contributed by atoms with E-state index >= 15 is 0 Å². The van der Waals surface area contributed by atoms with Gasteiger partial charge in [-0.05, 0) is 29.8 Å². The van der Waals surface area contributed by atoms with Gasteiger partial charge in [-0.25, -0.2) is 4.98 Å². The highest BCUT2D eigenvalue weighted by Crippen LogP contribution is 2.12. The Labute approximate surface area is 101 Å². The van der Waals surface area contributed by atoms with E-state index in [0.29, 0.717) is 6.54 Å². The van der Waals surface area contributed by atoms with Crippen LogP contribution in [0.25, 0.3) is 0 Å². The van der Waals surface area contributed by atoms with Crippen LogP contribution in [-0.2, 0) is 13.1 Å². The Morgan fingerprint density at radius 2 is 1.94 bits per heavy atom. The highest BCUT2D eigenvalue weighted by molar-refractivity contribution is 5.39. The van der Waals surface area contributed by atoms with Gasteiger partial charge in [0.05, 0.1) is 5.69 Å². The molecule has 17 heavy (non-hydrogen) atoms. The Kier molecular flexibility index (Phi) is 3.67. The number of anilines is 1. The standard InChI is InChI=1S/C13H16N4/c1-17(10-11-5-7-15-8-6-11)13-4-2-3-12(9-14)16-13/h2-8H,9-10,14H2,1H3. The summed E-state index contributed by atoms with van der Waals surface area (Å²) >= 11 is 0. The lowest BCUT2D eigenvalue weighted by Gasteiger charge is -2.18. The van der Waals surface area contributed by atoms with Gasteiger partial charge in [0.2, 0.25) is 0 Å². The van der Waals surface area contributed by atoms with Gasteiger partial charge in [0, 0.05) is 32.5 Å². The molecule has 0 spiro atoms. The molecule has 0 aromatic carbocycles. The summed E-state index contributed by atoms with van der Waals surface area (Å²) in [6.45, 7) is 1.28. The minimum Gasteiger partial charge on any atom is -0.355 e. The number of hydrogen-bond donors (Lipinski definition) is 1. The largest absolute Gasteiger partial charge is 0.355 e. The predicted octanol–water partition coefficient (Wildman–Crippen LogP) is 1.57. The highest BCUT2D eigenvalue weighted by Gasteiger charge is 2.03. The molecule has 0 atom stereocenters. The maximum absolute atomic E-state index is 5.58. The second-order valence-corrected chi connectivity index (χ2v) is 3.90. The van der Waals surface area contributed by atoms with E-state index in [9.17, 15) is 0 Å². The second kappa shape index (κ2) is 5.41. The third-order valence-electron chi connectivity index (χ3n) is 2.56. The molecular weight excluding hydrogens is 212 g/mol. The summed E-state index contributed by atoms with van der Waals surface area (Å²) in [5.41, 5.74) is 7.70. The Hall–Kier alpha value is -1.94. The molecule has 0 radical (unpaired) electrons. The summed E-state index contributed by atoms with van der Waals surface area (Å²) in [5, 5.41) is 0. The number of nitrogens with zero attached hydrogens (tertiary/aromatic N) is 3. The Balaban J connectivity index is 2.11. The van der Waals surface area contributed by atoms with Crippen molar-refractivity contribution in [3.63, 3.8) is 0 Å². The van der Waals surface area contributed by atoms with E-state index in [2.05, 4.69) is 14.9 Å². The van der Waals surface area contributed by atoms with E-state index in [1.165, 1.54) is 5.56 Å². The summed E-state index contributed by atoms with van der Waals surface area (Å²) in [6.07, 6.45) is 3.60. The van der Waals surface area contributed by atoms with E-state index in [1.807, 2.05) is 37.4 Å². The zero-order chi connectivity index (χ0) is 12.1. The average molecular weight is 228 g/mol. The Morgan fingerprint density at radius 3 is 2.65 bits per heavy atom. The van der Waals surface area contributed by atoms with Crippen molar-refractivity contribution in [3.8, 4) is 0 Å². The van der Waals surface area contributed by atoms with Crippen molar-refractivity contribution in [2.75, 3.05) is 11.9 Å². The zero-order valence-electron chi connectivity index (χ0n) is 9.87. The van der Waals surface area contributed by atoms with Crippen molar-refractivity contribution in [1.29, 1.82) is 0 Å². The normalized spacial score (nSPS) is 10.2. The minimum atomic E-state index is 0.469. The van der Waals surface area contributed by atoms with Crippen LogP contribution in [0.3, 0.4) is 0 Å². The maximum atomic E-state index is 5.58. The molecule has 0 saturated carbocycles. The van der Waals surface area contributed by atoms with Gasteiger partial charge in [-0.3, -0.25) is 4.98 Å². The average Bonchev–Trinajstić information content (AvgIpc) is 2.40. The van der Waals surface area contributed by atoms with Crippen LogP contribution in [0.2, 0.25) is 0 Å². The van der Waals surface area contributed by atoms with Crippen LogP contribution in [0, 0.1) is 0 Å². The van der Waals surface area contributed by atoms with E-state index in [1.54, 1.807) is 12.4 Å². The van der Waals surface area contributed by atoms with Crippen molar-refractivity contribution in [2.24, 2.45) is 5.73 Å². The smallest absolute Gasteiger partial charge is 0.128 e. The SMILES string of the molecule is CN(Cc1ccncc1)c1cccc(CN)n1. The Bertz CT molecular complexity index is 470. The molecule has 2 aromatic rings. The van der Waals surface area contributed by atoms with E-state index < -0.39 is 0 Å². The van der Waals surface area contributed by atoms with Crippen LogP contribution in [0.1, 0.15) is 11.3 Å². The summed E-state index contributed by atoms with van der Waals surface area (Å²) in [7, 11) is 2.02. The summed E-state index contributed by atoms with van der Waals surface area (Å²) in [5.74, 6) is 0.935. The maximum Gasteiger partial charge on any atom is 0.128 e. The molecule has 2 rings (SSSR count). The fourth-order valence-electron chi connectivity index (χ4n) is 1.64. The molecule has 0 aliphatic carbocycles.